The van der Waals surface area contributed by atoms with Gasteiger partial charge < -0.3 is 10.5 Å². The monoisotopic (exact) mass is 465 g/mol. The molecule has 4 fully saturated rings. The number of carbonyl (C=O) groups is 1. The van der Waals surface area contributed by atoms with E-state index < -0.39 is 0 Å². The van der Waals surface area contributed by atoms with Crippen molar-refractivity contribution in [2.75, 3.05) is 14.2 Å². The number of esters is 1. The molecule has 3 nitrogen and oxygen atoms in total. The van der Waals surface area contributed by atoms with E-state index in [1.165, 1.54) is 78.4 Å². The van der Waals surface area contributed by atoms with Gasteiger partial charge in [-0.1, -0.05) is 61.3 Å². The lowest BCUT2D eigenvalue weighted by molar-refractivity contribution is -0.141. The van der Waals surface area contributed by atoms with Crippen molar-refractivity contribution in [1.29, 1.82) is 0 Å². The molecule has 7 unspecified atom stereocenters. The van der Waals surface area contributed by atoms with Gasteiger partial charge in [-0.15, -0.1) is 0 Å². The van der Waals surface area contributed by atoms with Crippen LogP contribution in [0.5, 0.6) is 0 Å². The molecule has 3 heteroatoms. The van der Waals surface area contributed by atoms with E-state index in [2.05, 4.69) is 26.5 Å². The third kappa shape index (κ3) is 6.17. The van der Waals surface area contributed by atoms with Gasteiger partial charge in [0.15, 0.2) is 0 Å². The highest BCUT2D eigenvalue weighted by Crippen LogP contribution is 2.68. The van der Waals surface area contributed by atoms with Crippen LogP contribution in [0.2, 0.25) is 0 Å². The van der Waals surface area contributed by atoms with E-state index in [9.17, 15) is 4.79 Å². The molecule has 0 spiro atoms. The Morgan fingerprint density at radius 1 is 0.879 bits per heavy atom. The third-order valence-corrected chi connectivity index (χ3v) is 10.4. The minimum atomic E-state index is -0.0335. The zero-order valence-electron chi connectivity index (χ0n) is 23.8. The summed E-state index contributed by atoms with van der Waals surface area (Å²) in [5, 5.41) is 0. The van der Waals surface area contributed by atoms with Crippen LogP contribution in [0.3, 0.4) is 0 Å². The van der Waals surface area contributed by atoms with Gasteiger partial charge in [0.05, 0.1) is 7.11 Å². The highest BCUT2D eigenvalue weighted by atomic mass is 16.5. The summed E-state index contributed by atoms with van der Waals surface area (Å²) in [5.74, 6) is 5.38. The zero-order valence-corrected chi connectivity index (χ0v) is 23.8. The summed E-state index contributed by atoms with van der Waals surface area (Å²) in [6.45, 7) is 15.7. The molecule has 0 amide bonds. The fourth-order valence-electron chi connectivity index (χ4n) is 8.92. The normalized spacial score (nSPS) is 39.4. The van der Waals surface area contributed by atoms with Crippen LogP contribution in [-0.2, 0) is 9.53 Å². The van der Waals surface area contributed by atoms with Gasteiger partial charge in [-0.2, -0.15) is 0 Å². The first kappa shape index (κ1) is 30.5. The van der Waals surface area contributed by atoms with Crippen LogP contribution in [0, 0.1) is 46.3 Å². The molecule has 0 heterocycles. The Balaban J connectivity index is 0.000000841. The van der Waals surface area contributed by atoms with Gasteiger partial charge in [0.25, 0.3) is 0 Å². The van der Waals surface area contributed by atoms with Crippen LogP contribution in [0.15, 0.2) is 0 Å². The Bertz CT molecular complexity index is 563. The molecule has 0 saturated heterocycles. The second-order valence-electron chi connectivity index (χ2n) is 11.2. The van der Waals surface area contributed by atoms with Crippen molar-refractivity contribution in [1.82, 2.24) is 0 Å². The van der Waals surface area contributed by atoms with Gasteiger partial charge in [-0.05, 0) is 111 Å². The van der Waals surface area contributed by atoms with E-state index in [0.717, 1.165) is 36.0 Å². The lowest BCUT2D eigenvalue weighted by Gasteiger charge is -2.61. The predicted molar refractivity (Wildman–Crippen MR) is 143 cm³/mol. The second-order valence-corrected chi connectivity index (χ2v) is 11.2. The molecule has 0 bridgehead atoms. The van der Waals surface area contributed by atoms with Crippen molar-refractivity contribution in [3.05, 3.63) is 0 Å². The molecule has 4 rings (SSSR count). The maximum atomic E-state index is 11.6. The van der Waals surface area contributed by atoms with Gasteiger partial charge in [0, 0.05) is 6.42 Å². The van der Waals surface area contributed by atoms with Crippen molar-refractivity contribution in [3.63, 3.8) is 0 Å². The maximum absolute atomic E-state index is 11.6. The van der Waals surface area contributed by atoms with Crippen molar-refractivity contribution < 1.29 is 9.53 Å². The number of hydrogen-bond acceptors (Lipinski definition) is 3. The van der Waals surface area contributed by atoms with E-state index in [1.54, 1.807) is 0 Å². The molecule has 33 heavy (non-hydrogen) atoms. The largest absolute Gasteiger partial charge is 0.469 e. The fraction of sp³-hybridized carbons (Fsp3) is 0.967. The molecule has 4 aliphatic rings. The minimum Gasteiger partial charge on any atom is -0.469 e. The molecule has 0 radical (unpaired) electrons. The number of rotatable bonds is 4. The second kappa shape index (κ2) is 14.1. The van der Waals surface area contributed by atoms with E-state index in [-0.39, 0.29) is 5.97 Å². The summed E-state index contributed by atoms with van der Waals surface area (Å²) in [4.78, 5) is 11.6. The lowest BCUT2D eigenvalue weighted by atomic mass is 9.44. The van der Waals surface area contributed by atoms with Crippen molar-refractivity contribution in [2.45, 2.75) is 126 Å². The van der Waals surface area contributed by atoms with Crippen LogP contribution < -0.4 is 5.73 Å². The summed E-state index contributed by atoms with van der Waals surface area (Å²) in [7, 11) is 3.02. The molecular weight excluding hydrogens is 406 g/mol. The van der Waals surface area contributed by atoms with Crippen LogP contribution in [0.1, 0.15) is 126 Å². The predicted octanol–water partition coefficient (Wildman–Crippen LogP) is 8.25. The Labute approximate surface area is 207 Å². The lowest BCUT2D eigenvalue weighted by Crippen LogP contribution is -2.53. The van der Waals surface area contributed by atoms with Gasteiger partial charge >= 0.3 is 5.97 Å². The Morgan fingerprint density at radius 3 is 2.15 bits per heavy atom. The quantitative estimate of drug-likeness (QED) is 0.425. The molecule has 4 saturated carbocycles. The SMILES string of the molecule is CC.CC.CN.COC(=O)CC[C@@H](C)C1CCC2C3CCC4CCCCC4(C)C3CCC21C. The van der Waals surface area contributed by atoms with Gasteiger partial charge in [0.1, 0.15) is 0 Å². The summed E-state index contributed by atoms with van der Waals surface area (Å²) < 4.78 is 4.89. The molecular formula is C30H59NO2. The standard InChI is InChI=1S/C25H42O2.2C2H6.CH5N/c1-17(8-13-23(26)27-4)20-11-12-21-19-10-9-18-7-5-6-15-24(18,2)22(19)14-16-25(20,21)3;3*1-2/h17-22H,5-16H2,1-4H3;2*1-2H3;2H2,1H3/t17-,18?,19?,20?,21?,22?,24?,25?;;;/m1.../s1. The first-order chi connectivity index (χ1) is 15.9. The third-order valence-electron chi connectivity index (χ3n) is 10.4. The number of hydrogen-bond donors (Lipinski definition) is 1. The number of fused-ring (bicyclic) bond motifs is 5. The van der Waals surface area contributed by atoms with Crippen molar-refractivity contribution in [3.8, 4) is 0 Å². The molecule has 8 atom stereocenters. The molecule has 0 aromatic carbocycles. The molecule has 0 aromatic heterocycles. The molecule has 0 aliphatic heterocycles. The topological polar surface area (TPSA) is 52.3 Å². The van der Waals surface area contributed by atoms with Crippen LogP contribution in [-0.4, -0.2) is 20.1 Å². The first-order valence-electron chi connectivity index (χ1n) is 14.5. The maximum Gasteiger partial charge on any atom is 0.305 e. The van der Waals surface area contributed by atoms with E-state index in [4.69, 9.17) is 4.74 Å². The number of nitrogens with two attached hydrogens (primary N) is 1. The number of carbonyl (C=O) groups excluding carboxylic acids is 1. The van der Waals surface area contributed by atoms with E-state index in [0.29, 0.717) is 23.2 Å². The highest BCUT2D eigenvalue weighted by molar-refractivity contribution is 5.69. The Morgan fingerprint density at radius 2 is 1.52 bits per heavy atom. The first-order valence-corrected chi connectivity index (χ1v) is 14.5. The number of ether oxygens (including phenoxy) is 1. The average Bonchev–Trinajstić information content (AvgIpc) is 3.23. The average molecular weight is 466 g/mol. The van der Waals surface area contributed by atoms with Gasteiger partial charge in [-0.25, -0.2) is 0 Å². The number of methoxy groups -OCH3 is 1. The Hall–Kier alpha value is -0.570. The van der Waals surface area contributed by atoms with E-state index in [1.807, 2.05) is 27.7 Å². The summed E-state index contributed by atoms with van der Waals surface area (Å²) in [6, 6.07) is 0. The fourth-order valence-corrected chi connectivity index (χ4v) is 8.92. The van der Waals surface area contributed by atoms with Gasteiger partial charge in [-0.3, -0.25) is 4.79 Å². The smallest absolute Gasteiger partial charge is 0.305 e. The molecule has 2 N–H and O–H groups in total. The minimum absolute atomic E-state index is 0.0335. The summed E-state index contributed by atoms with van der Waals surface area (Å²) >= 11 is 0. The van der Waals surface area contributed by atoms with Crippen molar-refractivity contribution >= 4 is 5.97 Å². The van der Waals surface area contributed by atoms with Crippen LogP contribution in [0.4, 0.5) is 0 Å². The summed E-state index contributed by atoms with van der Waals surface area (Å²) in [5.41, 5.74) is 5.67. The Kier molecular flexibility index (Phi) is 13.0. The molecule has 196 valence electrons. The van der Waals surface area contributed by atoms with Crippen molar-refractivity contribution in [2.24, 2.45) is 52.1 Å². The molecule has 4 aliphatic carbocycles. The van der Waals surface area contributed by atoms with Crippen LogP contribution in [0.25, 0.3) is 0 Å². The highest BCUT2D eigenvalue weighted by Gasteiger charge is 2.60. The summed E-state index contributed by atoms with van der Waals surface area (Å²) in [6.07, 6.45) is 16.4. The van der Waals surface area contributed by atoms with E-state index >= 15 is 0 Å². The van der Waals surface area contributed by atoms with Gasteiger partial charge in [0.2, 0.25) is 0 Å². The zero-order chi connectivity index (χ0) is 25.2. The molecule has 0 aromatic rings. The van der Waals surface area contributed by atoms with Crippen LogP contribution >= 0.6 is 0 Å².